The van der Waals surface area contributed by atoms with Crippen LogP contribution in [0.1, 0.15) is 23.2 Å². The zero-order valence-electron chi connectivity index (χ0n) is 12.0. The van der Waals surface area contributed by atoms with Crippen molar-refractivity contribution in [1.29, 1.82) is 0 Å². The molecule has 1 atom stereocenters. The summed E-state index contributed by atoms with van der Waals surface area (Å²) in [6, 6.07) is 7.00. The molecule has 0 aliphatic carbocycles. The Kier molecular flexibility index (Phi) is 5.76. The third kappa shape index (κ3) is 4.19. The van der Waals surface area contributed by atoms with Crippen molar-refractivity contribution in [3.63, 3.8) is 0 Å². The molecule has 1 fully saturated rings. The smallest absolute Gasteiger partial charge is 0.339 e. The molecule has 2 N–H and O–H groups in total. The van der Waals surface area contributed by atoms with Crippen LogP contribution in [0.5, 0.6) is 0 Å². The first-order valence-corrected chi connectivity index (χ1v) is 8.05. The second-order valence-electron chi connectivity index (χ2n) is 5.14. The Balaban J connectivity index is 1.89. The minimum Gasteiger partial charge on any atom is -0.452 e. The number of ether oxygens (including phenoxy) is 1. The molecule has 1 aromatic rings. The lowest BCUT2D eigenvalue weighted by Crippen LogP contribution is -2.45. The number of carbonyl (C=O) groups excluding carboxylic acids is 3. The Bertz CT molecular complexity index is 591. The number of hydrogen-bond acceptors (Lipinski definition) is 4. The highest BCUT2D eigenvalue weighted by atomic mass is 127. The van der Waals surface area contributed by atoms with Gasteiger partial charge in [-0.15, -0.1) is 0 Å². The number of hydrogen-bond donors (Lipinski definition) is 1. The highest BCUT2D eigenvalue weighted by molar-refractivity contribution is 14.1. The van der Waals surface area contributed by atoms with E-state index in [0.29, 0.717) is 25.1 Å². The fourth-order valence-electron chi connectivity index (χ4n) is 2.36. The second-order valence-corrected chi connectivity index (χ2v) is 6.30. The third-order valence-corrected chi connectivity index (χ3v) is 4.54. The molecule has 0 spiro atoms. The average Bonchev–Trinajstić information content (AvgIpc) is 2.52. The van der Waals surface area contributed by atoms with E-state index in [1.807, 2.05) is 28.7 Å². The molecular weight excluding hydrogens is 399 g/mol. The normalized spacial score (nSPS) is 17.9. The van der Waals surface area contributed by atoms with Gasteiger partial charge in [0.25, 0.3) is 5.91 Å². The lowest BCUT2D eigenvalue weighted by molar-refractivity contribution is -0.137. The Hall–Kier alpha value is -1.64. The molecule has 1 aromatic carbocycles. The molecule has 0 saturated carbocycles. The molecule has 0 aromatic heterocycles. The summed E-state index contributed by atoms with van der Waals surface area (Å²) in [5.41, 5.74) is 5.72. The van der Waals surface area contributed by atoms with Crippen LogP contribution >= 0.6 is 22.6 Å². The molecule has 1 saturated heterocycles. The van der Waals surface area contributed by atoms with Crippen LogP contribution in [0.25, 0.3) is 0 Å². The van der Waals surface area contributed by atoms with Crippen LogP contribution in [0, 0.1) is 9.49 Å². The lowest BCUT2D eigenvalue weighted by Gasteiger charge is -2.31. The van der Waals surface area contributed by atoms with E-state index in [0.717, 1.165) is 9.99 Å². The number of nitrogens with two attached hydrogens (primary N) is 1. The molecule has 7 heteroatoms. The zero-order valence-corrected chi connectivity index (χ0v) is 14.1. The second kappa shape index (κ2) is 7.57. The van der Waals surface area contributed by atoms with Crippen molar-refractivity contribution in [3.8, 4) is 0 Å². The van der Waals surface area contributed by atoms with Crippen molar-refractivity contribution in [1.82, 2.24) is 4.90 Å². The van der Waals surface area contributed by atoms with Gasteiger partial charge in [-0.25, -0.2) is 4.79 Å². The van der Waals surface area contributed by atoms with Crippen molar-refractivity contribution in [2.75, 3.05) is 19.7 Å². The van der Waals surface area contributed by atoms with Gasteiger partial charge in [0.15, 0.2) is 6.61 Å². The topological polar surface area (TPSA) is 89.7 Å². The molecule has 0 unspecified atom stereocenters. The number of likely N-dealkylation sites (tertiary alicyclic amines) is 1. The summed E-state index contributed by atoms with van der Waals surface area (Å²) in [6.45, 7) is 0.535. The fraction of sp³-hybridized carbons (Fsp3) is 0.400. The maximum atomic E-state index is 12.1. The number of piperidine rings is 1. The maximum absolute atomic E-state index is 12.1. The van der Waals surface area contributed by atoms with E-state index in [4.69, 9.17) is 10.5 Å². The van der Waals surface area contributed by atoms with Crippen LogP contribution in [-0.2, 0) is 14.3 Å². The van der Waals surface area contributed by atoms with Crippen molar-refractivity contribution in [2.24, 2.45) is 11.7 Å². The Morgan fingerprint density at radius 3 is 2.73 bits per heavy atom. The minimum atomic E-state index is -0.526. The van der Waals surface area contributed by atoms with Gasteiger partial charge in [0.2, 0.25) is 5.91 Å². The highest BCUT2D eigenvalue weighted by Crippen LogP contribution is 2.17. The van der Waals surface area contributed by atoms with Crippen LogP contribution in [0.4, 0.5) is 0 Å². The van der Waals surface area contributed by atoms with Crippen molar-refractivity contribution in [2.45, 2.75) is 12.8 Å². The first-order chi connectivity index (χ1) is 10.5. The van der Waals surface area contributed by atoms with E-state index >= 15 is 0 Å². The molecule has 22 heavy (non-hydrogen) atoms. The molecule has 1 heterocycles. The number of esters is 1. The van der Waals surface area contributed by atoms with Gasteiger partial charge in [0.05, 0.1) is 11.5 Å². The first-order valence-electron chi connectivity index (χ1n) is 6.97. The molecule has 1 aliphatic heterocycles. The van der Waals surface area contributed by atoms with Crippen molar-refractivity contribution in [3.05, 3.63) is 33.4 Å². The summed E-state index contributed by atoms with van der Waals surface area (Å²) in [6.07, 6.45) is 1.42. The Morgan fingerprint density at radius 1 is 1.32 bits per heavy atom. The molecule has 118 valence electrons. The van der Waals surface area contributed by atoms with E-state index in [2.05, 4.69) is 0 Å². The fourth-order valence-corrected chi connectivity index (χ4v) is 2.97. The first kappa shape index (κ1) is 16.7. The van der Waals surface area contributed by atoms with E-state index in [1.54, 1.807) is 18.2 Å². The third-order valence-electron chi connectivity index (χ3n) is 3.60. The van der Waals surface area contributed by atoms with Crippen LogP contribution in [0.15, 0.2) is 24.3 Å². The predicted octanol–water partition coefficient (Wildman–Crippen LogP) is 1.17. The number of halogens is 1. The molecule has 1 aliphatic rings. The summed E-state index contributed by atoms with van der Waals surface area (Å²) in [4.78, 5) is 36.8. The Morgan fingerprint density at radius 2 is 2.05 bits per heavy atom. The number of rotatable bonds is 4. The lowest BCUT2D eigenvalue weighted by atomic mass is 9.97. The average molecular weight is 416 g/mol. The van der Waals surface area contributed by atoms with Gasteiger partial charge in [-0.05, 0) is 47.6 Å². The number of nitrogens with zero attached hydrogens (tertiary/aromatic N) is 1. The van der Waals surface area contributed by atoms with Gasteiger partial charge < -0.3 is 15.4 Å². The maximum Gasteiger partial charge on any atom is 0.339 e. The van der Waals surface area contributed by atoms with Crippen LogP contribution in [0.3, 0.4) is 0 Å². The highest BCUT2D eigenvalue weighted by Gasteiger charge is 2.27. The molecule has 2 rings (SSSR count). The number of benzene rings is 1. The summed E-state index contributed by atoms with van der Waals surface area (Å²) >= 11 is 2.04. The van der Waals surface area contributed by atoms with Crippen LogP contribution < -0.4 is 5.73 Å². The van der Waals surface area contributed by atoms with Crippen LogP contribution in [0.2, 0.25) is 0 Å². The van der Waals surface area contributed by atoms with Gasteiger partial charge in [-0.2, -0.15) is 0 Å². The summed E-state index contributed by atoms with van der Waals surface area (Å²) in [7, 11) is 0. The molecular formula is C15H17IN2O4. The van der Waals surface area contributed by atoms with Gasteiger partial charge >= 0.3 is 5.97 Å². The SMILES string of the molecule is NC(=O)[C@@H]1CCCN(C(=O)COC(=O)c2ccccc2I)C1. The summed E-state index contributed by atoms with van der Waals surface area (Å²) in [5.74, 6) is -1.54. The van der Waals surface area contributed by atoms with Gasteiger partial charge in [0.1, 0.15) is 0 Å². The molecule has 2 amide bonds. The molecule has 0 radical (unpaired) electrons. The van der Waals surface area contributed by atoms with E-state index in [-0.39, 0.29) is 18.4 Å². The number of amides is 2. The number of carbonyl (C=O) groups is 3. The number of primary amides is 1. The van der Waals surface area contributed by atoms with E-state index in [9.17, 15) is 14.4 Å². The Labute approximate surface area is 142 Å². The summed E-state index contributed by atoms with van der Waals surface area (Å²) in [5, 5.41) is 0. The van der Waals surface area contributed by atoms with E-state index in [1.165, 1.54) is 4.90 Å². The van der Waals surface area contributed by atoms with Crippen LogP contribution in [-0.4, -0.2) is 42.4 Å². The molecule has 0 bridgehead atoms. The predicted molar refractivity (Wildman–Crippen MR) is 87.9 cm³/mol. The minimum absolute atomic E-state index is 0.300. The van der Waals surface area contributed by atoms with Crippen molar-refractivity contribution >= 4 is 40.4 Å². The van der Waals surface area contributed by atoms with E-state index < -0.39 is 11.9 Å². The quantitative estimate of drug-likeness (QED) is 0.590. The van der Waals surface area contributed by atoms with Gasteiger partial charge in [-0.1, -0.05) is 12.1 Å². The largest absolute Gasteiger partial charge is 0.452 e. The van der Waals surface area contributed by atoms with Gasteiger partial charge in [-0.3, -0.25) is 9.59 Å². The van der Waals surface area contributed by atoms with Gasteiger partial charge in [0, 0.05) is 16.7 Å². The standard InChI is InChI=1S/C15H17IN2O4/c16-12-6-2-1-5-11(12)15(21)22-9-13(19)18-7-3-4-10(8-18)14(17)20/h1-2,5-6,10H,3-4,7-9H2,(H2,17,20)/t10-/m1/s1. The van der Waals surface area contributed by atoms with Crippen molar-refractivity contribution < 1.29 is 19.1 Å². The monoisotopic (exact) mass is 416 g/mol. The summed E-state index contributed by atoms with van der Waals surface area (Å²) < 4.78 is 5.84. The molecule has 6 nitrogen and oxygen atoms in total. The zero-order chi connectivity index (χ0) is 16.1.